The second-order valence-corrected chi connectivity index (χ2v) is 4.68. The molecule has 1 aromatic rings. The van der Waals surface area contributed by atoms with E-state index in [0.29, 0.717) is 0 Å². The van der Waals surface area contributed by atoms with E-state index in [9.17, 15) is 19.1 Å². The van der Waals surface area contributed by atoms with E-state index >= 15 is 0 Å². The van der Waals surface area contributed by atoms with Gasteiger partial charge < -0.3 is 10.0 Å². The summed E-state index contributed by atoms with van der Waals surface area (Å²) in [5.74, 6) is -2.22. The zero-order chi connectivity index (χ0) is 14.8. The standard InChI is InChI=1S/C13H15ClFNO3/c1-4-16(8(2)17)13(3,12(18)19)9-5-6-11(15)10(14)7-9/h5-7H,4H2,1-3H3,(H,18,19). The molecule has 0 radical (unpaired) electrons. The molecule has 104 valence electrons. The van der Waals surface area contributed by atoms with Gasteiger partial charge in [-0.15, -0.1) is 0 Å². The minimum atomic E-state index is -1.59. The Bertz CT molecular complexity index is 521. The van der Waals surface area contributed by atoms with Crippen LogP contribution in [0.2, 0.25) is 5.02 Å². The Morgan fingerprint density at radius 2 is 2.05 bits per heavy atom. The van der Waals surface area contributed by atoms with Gasteiger partial charge in [0.15, 0.2) is 5.54 Å². The summed E-state index contributed by atoms with van der Waals surface area (Å²) in [6.45, 7) is 4.57. The number of hydrogen-bond donors (Lipinski definition) is 1. The zero-order valence-electron chi connectivity index (χ0n) is 10.9. The van der Waals surface area contributed by atoms with Crippen LogP contribution in [0.5, 0.6) is 0 Å². The van der Waals surface area contributed by atoms with Crippen molar-refractivity contribution in [2.24, 2.45) is 0 Å². The van der Waals surface area contributed by atoms with Gasteiger partial charge in [-0.1, -0.05) is 17.7 Å². The van der Waals surface area contributed by atoms with Crippen LogP contribution >= 0.6 is 11.6 Å². The van der Waals surface area contributed by atoms with Crippen molar-refractivity contribution in [3.63, 3.8) is 0 Å². The number of likely N-dealkylation sites (N-methyl/N-ethyl adjacent to an activating group) is 1. The van der Waals surface area contributed by atoms with Crippen LogP contribution in [0, 0.1) is 5.82 Å². The summed E-state index contributed by atoms with van der Waals surface area (Å²) in [6, 6.07) is 3.64. The number of rotatable bonds is 4. The summed E-state index contributed by atoms with van der Waals surface area (Å²) in [7, 11) is 0. The summed E-state index contributed by atoms with van der Waals surface area (Å²) < 4.78 is 13.2. The second kappa shape index (κ2) is 5.57. The predicted molar refractivity (Wildman–Crippen MR) is 69.5 cm³/mol. The van der Waals surface area contributed by atoms with Gasteiger partial charge in [-0.05, 0) is 31.5 Å². The average molecular weight is 288 g/mol. The fourth-order valence-electron chi connectivity index (χ4n) is 2.05. The summed E-state index contributed by atoms with van der Waals surface area (Å²) in [4.78, 5) is 24.4. The first-order valence-corrected chi connectivity index (χ1v) is 6.10. The van der Waals surface area contributed by atoms with Crippen molar-refractivity contribution in [3.8, 4) is 0 Å². The average Bonchev–Trinajstić information content (AvgIpc) is 2.32. The Morgan fingerprint density at radius 3 is 2.42 bits per heavy atom. The van der Waals surface area contributed by atoms with Crippen LogP contribution in [0.25, 0.3) is 0 Å². The lowest BCUT2D eigenvalue weighted by Gasteiger charge is -2.37. The SMILES string of the molecule is CCN(C(C)=O)C(C)(C(=O)O)c1ccc(F)c(Cl)c1. The van der Waals surface area contributed by atoms with Crippen molar-refractivity contribution in [2.75, 3.05) is 6.54 Å². The first-order valence-electron chi connectivity index (χ1n) is 5.72. The van der Waals surface area contributed by atoms with Gasteiger partial charge in [0.1, 0.15) is 5.82 Å². The molecule has 0 aliphatic heterocycles. The van der Waals surface area contributed by atoms with Gasteiger partial charge in [-0.25, -0.2) is 9.18 Å². The van der Waals surface area contributed by atoms with Gasteiger partial charge in [0.2, 0.25) is 5.91 Å². The lowest BCUT2D eigenvalue weighted by Crippen LogP contribution is -2.52. The highest BCUT2D eigenvalue weighted by Gasteiger charge is 2.42. The maximum atomic E-state index is 13.2. The molecular formula is C13H15ClFNO3. The molecule has 4 nitrogen and oxygen atoms in total. The molecule has 0 spiro atoms. The van der Waals surface area contributed by atoms with E-state index in [4.69, 9.17) is 11.6 Å². The van der Waals surface area contributed by atoms with E-state index in [1.165, 1.54) is 30.9 Å². The van der Waals surface area contributed by atoms with Gasteiger partial charge >= 0.3 is 5.97 Å². The number of halogens is 2. The number of carbonyl (C=O) groups excluding carboxylic acids is 1. The molecule has 0 aromatic heterocycles. The minimum absolute atomic E-state index is 0.176. The van der Waals surface area contributed by atoms with Gasteiger partial charge in [-0.3, -0.25) is 4.79 Å². The molecule has 0 heterocycles. The van der Waals surface area contributed by atoms with E-state index in [0.717, 1.165) is 6.07 Å². The fraction of sp³-hybridized carbons (Fsp3) is 0.385. The van der Waals surface area contributed by atoms with Crippen molar-refractivity contribution in [2.45, 2.75) is 26.3 Å². The first kappa shape index (κ1) is 15.4. The maximum Gasteiger partial charge on any atom is 0.334 e. The first-order chi connectivity index (χ1) is 8.75. The highest BCUT2D eigenvalue weighted by atomic mass is 35.5. The quantitative estimate of drug-likeness (QED) is 0.926. The number of carbonyl (C=O) groups is 2. The lowest BCUT2D eigenvalue weighted by molar-refractivity contribution is -0.158. The Balaban J connectivity index is 3.45. The largest absolute Gasteiger partial charge is 0.479 e. The topological polar surface area (TPSA) is 57.6 Å². The third-order valence-electron chi connectivity index (χ3n) is 3.13. The van der Waals surface area contributed by atoms with Crippen LogP contribution < -0.4 is 0 Å². The van der Waals surface area contributed by atoms with Crippen LogP contribution in [0.15, 0.2) is 18.2 Å². The summed E-state index contributed by atoms with van der Waals surface area (Å²) >= 11 is 5.68. The molecule has 19 heavy (non-hydrogen) atoms. The highest BCUT2D eigenvalue weighted by molar-refractivity contribution is 6.30. The molecule has 0 fully saturated rings. The van der Waals surface area contributed by atoms with Crippen molar-refractivity contribution in [1.29, 1.82) is 0 Å². The number of aliphatic carboxylic acids is 1. The van der Waals surface area contributed by atoms with Gasteiger partial charge in [-0.2, -0.15) is 0 Å². The Labute approximate surface area is 115 Å². The fourth-order valence-corrected chi connectivity index (χ4v) is 2.23. The number of carboxylic acids is 1. The monoisotopic (exact) mass is 287 g/mol. The van der Waals surface area contributed by atoms with Crippen LogP contribution in [0.4, 0.5) is 4.39 Å². The summed E-state index contributed by atoms with van der Waals surface area (Å²) in [5.41, 5.74) is -1.33. The molecule has 0 bridgehead atoms. The molecule has 1 unspecified atom stereocenters. The number of benzene rings is 1. The number of nitrogens with zero attached hydrogens (tertiary/aromatic N) is 1. The van der Waals surface area contributed by atoms with E-state index in [2.05, 4.69) is 0 Å². The predicted octanol–water partition coefficient (Wildman–Crippen LogP) is 2.65. The second-order valence-electron chi connectivity index (χ2n) is 4.27. The number of amides is 1. The van der Waals surface area contributed by atoms with E-state index < -0.39 is 17.3 Å². The summed E-state index contributed by atoms with van der Waals surface area (Å²) in [6.07, 6.45) is 0. The molecular weight excluding hydrogens is 273 g/mol. The van der Waals surface area contributed by atoms with Crippen molar-refractivity contribution in [1.82, 2.24) is 4.90 Å². The minimum Gasteiger partial charge on any atom is -0.479 e. The van der Waals surface area contributed by atoms with E-state index in [-0.39, 0.29) is 23.0 Å². The van der Waals surface area contributed by atoms with Crippen LogP contribution in [-0.4, -0.2) is 28.4 Å². The van der Waals surface area contributed by atoms with Crippen LogP contribution in [0.1, 0.15) is 26.3 Å². The third-order valence-corrected chi connectivity index (χ3v) is 3.42. The molecule has 1 aromatic carbocycles. The molecule has 1 atom stereocenters. The van der Waals surface area contributed by atoms with Crippen molar-refractivity contribution >= 4 is 23.5 Å². The molecule has 0 saturated carbocycles. The molecule has 1 rings (SSSR count). The molecule has 0 aliphatic carbocycles. The Kier molecular flexibility index (Phi) is 4.52. The van der Waals surface area contributed by atoms with E-state index in [1.807, 2.05) is 0 Å². The Morgan fingerprint density at radius 1 is 1.47 bits per heavy atom. The molecule has 0 saturated heterocycles. The van der Waals surface area contributed by atoms with E-state index in [1.54, 1.807) is 6.92 Å². The molecule has 1 N–H and O–H groups in total. The van der Waals surface area contributed by atoms with Gasteiger partial charge in [0.25, 0.3) is 0 Å². The smallest absolute Gasteiger partial charge is 0.334 e. The van der Waals surface area contributed by atoms with Gasteiger partial charge in [0, 0.05) is 13.5 Å². The molecule has 1 amide bonds. The third kappa shape index (κ3) is 2.71. The van der Waals surface area contributed by atoms with Crippen molar-refractivity contribution in [3.05, 3.63) is 34.6 Å². The Hall–Kier alpha value is -1.62. The van der Waals surface area contributed by atoms with Crippen LogP contribution in [0.3, 0.4) is 0 Å². The van der Waals surface area contributed by atoms with Gasteiger partial charge in [0.05, 0.1) is 5.02 Å². The lowest BCUT2D eigenvalue weighted by atomic mass is 9.89. The molecule has 0 aliphatic rings. The zero-order valence-corrected chi connectivity index (χ0v) is 11.7. The summed E-state index contributed by atoms with van der Waals surface area (Å²) in [5, 5.41) is 9.29. The maximum absolute atomic E-state index is 13.2. The number of carboxylic acid groups (broad SMARTS) is 1. The number of hydrogen-bond acceptors (Lipinski definition) is 2. The highest BCUT2D eigenvalue weighted by Crippen LogP contribution is 2.31. The molecule has 6 heteroatoms. The van der Waals surface area contributed by atoms with Crippen LogP contribution in [-0.2, 0) is 15.1 Å². The normalized spacial score (nSPS) is 13.7. The van der Waals surface area contributed by atoms with Crippen molar-refractivity contribution < 1.29 is 19.1 Å².